The van der Waals surface area contributed by atoms with Gasteiger partial charge in [-0.05, 0) is 49.3 Å². The molecule has 0 saturated carbocycles. The zero-order valence-electron chi connectivity index (χ0n) is 19.5. The zero-order valence-corrected chi connectivity index (χ0v) is 21.7. The second-order valence-corrected chi connectivity index (χ2v) is 9.01. The molecule has 0 amide bonds. The van der Waals surface area contributed by atoms with Gasteiger partial charge in [0.15, 0.2) is 23.1 Å². The van der Waals surface area contributed by atoms with E-state index in [9.17, 15) is 29.3 Å². The van der Waals surface area contributed by atoms with Gasteiger partial charge in [-0.3, -0.25) is 29.3 Å². The number of nitro groups is 1. The van der Waals surface area contributed by atoms with E-state index < -0.39 is 22.3 Å². The molecule has 2 aromatic rings. The van der Waals surface area contributed by atoms with Gasteiger partial charge in [0, 0.05) is 42.0 Å². The average Bonchev–Trinajstić information content (AvgIpc) is 2.82. The molecule has 0 bridgehead atoms. The van der Waals surface area contributed by atoms with E-state index in [0.717, 1.165) is 0 Å². The molecule has 0 aliphatic carbocycles. The van der Waals surface area contributed by atoms with E-state index in [1.54, 1.807) is 19.1 Å². The van der Waals surface area contributed by atoms with Crippen LogP contribution in [0.5, 0.6) is 0 Å². The molecule has 0 spiro atoms. The van der Waals surface area contributed by atoms with Gasteiger partial charge < -0.3 is 0 Å². The summed E-state index contributed by atoms with van der Waals surface area (Å²) in [6, 6.07) is 8.39. The highest BCUT2D eigenvalue weighted by Crippen LogP contribution is 2.26. The second kappa shape index (κ2) is 13.3. The van der Waals surface area contributed by atoms with Crippen LogP contribution in [0.1, 0.15) is 50.7 Å². The van der Waals surface area contributed by atoms with Gasteiger partial charge in [-0.15, -0.1) is 0 Å². The number of rotatable bonds is 12. The summed E-state index contributed by atoms with van der Waals surface area (Å²) in [5.41, 5.74) is 0.228. The molecule has 0 radical (unpaired) electrons. The molecule has 0 aromatic heterocycles. The van der Waals surface area contributed by atoms with Crippen LogP contribution in [0.25, 0.3) is 12.2 Å². The van der Waals surface area contributed by atoms with Crippen LogP contribution in [-0.2, 0) is 19.2 Å². The first-order valence-corrected chi connectivity index (χ1v) is 12.0. The molecule has 36 heavy (non-hydrogen) atoms. The van der Waals surface area contributed by atoms with Gasteiger partial charge in [-0.2, -0.15) is 0 Å². The highest BCUT2D eigenvalue weighted by molar-refractivity contribution is 6.42. The Morgan fingerprint density at radius 3 is 2.00 bits per heavy atom. The monoisotopic (exact) mass is 549 g/mol. The third-order valence-electron chi connectivity index (χ3n) is 5.15. The van der Waals surface area contributed by atoms with Gasteiger partial charge in [0.05, 0.1) is 26.1 Å². The van der Waals surface area contributed by atoms with E-state index in [-0.39, 0.29) is 63.9 Å². The number of hydrogen-bond acceptors (Lipinski definition) is 6. The highest BCUT2D eigenvalue weighted by atomic mass is 35.5. The zero-order chi connectivity index (χ0) is 27.0. The molecule has 188 valence electrons. The molecule has 0 aliphatic rings. The van der Waals surface area contributed by atoms with Crippen LogP contribution in [0, 0.1) is 10.1 Å². The summed E-state index contributed by atoms with van der Waals surface area (Å²) in [5.74, 6) is -1.90. The predicted molar refractivity (Wildman–Crippen MR) is 140 cm³/mol. The van der Waals surface area contributed by atoms with Gasteiger partial charge in [0.2, 0.25) is 0 Å². The third-order valence-corrected chi connectivity index (χ3v) is 6.24. The molecular formula is C26H22Cl3NO6. The number of nitro benzene ring substituents is 1. The van der Waals surface area contributed by atoms with E-state index in [2.05, 4.69) is 0 Å². The highest BCUT2D eigenvalue weighted by Gasteiger charge is 2.20. The molecule has 0 aliphatic heterocycles. The number of benzene rings is 2. The molecule has 0 unspecified atom stereocenters. The predicted octanol–water partition coefficient (Wildman–Crippen LogP) is 6.90. The van der Waals surface area contributed by atoms with Crippen molar-refractivity contribution in [2.75, 3.05) is 0 Å². The molecule has 0 fully saturated rings. The quantitative estimate of drug-likeness (QED) is 0.0934. The van der Waals surface area contributed by atoms with Crippen LogP contribution < -0.4 is 0 Å². The van der Waals surface area contributed by atoms with Gasteiger partial charge in [-0.1, -0.05) is 47.8 Å². The summed E-state index contributed by atoms with van der Waals surface area (Å²) in [6.45, 7) is 2.82. The summed E-state index contributed by atoms with van der Waals surface area (Å²) in [4.78, 5) is 60.4. The Kier molecular flexibility index (Phi) is 10.7. The third kappa shape index (κ3) is 7.95. The lowest BCUT2D eigenvalue weighted by molar-refractivity contribution is -0.384. The van der Waals surface area contributed by atoms with Crippen LogP contribution in [0.3, 0.4) is 0 Å². The van der Waals surface area contributed by atoms with Gasteiger partial charge in [-0.25, -0.2) is 0 Å². The van der Waals surface area contributed by atoms with Crippen LogP contribution in [0.15, 0.2) is 47.5 Å². The van der Waals surface area contributed by atoms with Gasteiger partial charge in [0.1, 0.15) is 0 Å². The number of non-ortho nitro benzene ring substituents is 1. The Hall–Kier alpha value is -3.13. The number of carbonyl (C=O) groups excluding carboxylic acids is 4. The van der Waals surface area contributed by atoms with Crippen molar-refractivity contribution >= 4 is 75.8 Å². The SMILES string of the molecule is CCC(=O)C(=Cc1ccc(Cl)c(Cl)c1)C(=O)CCCC(=O)C(=Cc1cc([N+](=O)[O-])ccc1Cl)C(C)=O. The lowest BCUT2D eigenvalue weighted by Crippen LogP contribution is -2.14. The summed E-state index contributed by atoms with van der Waals surface area (Å²) in [7, 11) is 0. The first kappa shape index (κ1) is 29.1. The smallest absolute Gasteiger partial charge is 0.270 e. The molecule has 0 saturated heterocycles. The normalized spacial score (nSPS) is 11.8. The summed E-state index contributed by atoms with van der Waals surface area (Å²) in [6.07, 6.45) is 2.58. The van der Waals surface area contributed by atoms with E-state index in [1.165, 1.54) is 43.3 Å². The largest absolute Gasteiger partial charge is 0.294 e. The Morgan fingerprint density at radius 1 is 0.833 bits per heavy atom. The number of allylic oxidation sites excluding steroid dienone is 2. The molecule has 7 nitrogen and oxygen atoms in total. The van der Waals surface area contributed by atoms with Crippen LogP contribution in [0.4, 0.5) is 5.69 Å². The maximum absolute atomic E-state index is 12.8. The maximum Gasteiger partial charge on any atom is 0.270 e. The van der Waals surface area contributed by atoms with Crippen molar-refractivity contribution < 1.29 is 24.1 Å². The van der Waals surface area contributed by atoms with Crippen molar-refractivity contribution in [2.24, 2.45) is 0 Å². The summed E-state index contributed by atoms with van der Waals surface area (Å²) < 4.78 is 0. The molecule has 10 heteroatoms. The topological polar surface area (TPSA) is 111 Å². The fourth-order valence-electron chi connectivity index (χ4n) is 3.24. The first-order valence-electron chi connectivity index (χ1n) is 10.9. The minimum Gasteiger partial charge on any atom is -0.294 e. The van der Waals surface area contributed by atoms with Crippen molar-refractivity contribution in [2.45, 2.75) is 39.5 Å². The minimum absolute atomic E-state index is 0.0194. The fourth-order valence-corrected chi connectivity index (χ4v) is 3.72. The van der Waals surface area contributed by atoms with Crippen molar-refractivity contribution in [3.05, 3.63) is 83.9 Å². The summed E-state index contributed by atoms with van der Waals surface area (Å²) >= 11 is 18.0. The number of ketones is 4. The van der Waals surface area contributed by atoms with E-state index in [0.29, 0.717) is 10.6 Å². The first-order chi connectivity index (χ1) is 16.9. The van der Waals surface area contributed by atoms with Crippen molar-refractivity contribution in [1.82, 2.24) is 0 Å². The minimum atomic E-state index is -0.616. The molecule has 0 atom stereocenters. The maximum atomic E-state index is 12.8. The number of hydrogen-bond donors (Lipinski definition) is 0. The number of carbonyl (C=O) groups is 4. The van der Waals surface area contributed by atoms with E-state index in [4.69, 9.17) is 34.8 Å². The van der Waals surface area contributed by atoms with Crippen molar-refractivity contribution in [3.8, 4) is 0 Å². The Bertz CT molecular complexity index is 1300. The van der Waals surface area contributed by atoms with Crippen molar-refractivity contribution in [1.29, 1.82) is 0 Å². The van der Waals surface area contributed by atoms with Crippen molar-refractivity contribution in [3.63, 3.8) is 0 Å². The lowest BCUT2D eigenvalue weighted by Gasteiger charge is -2.07. The number of halogens is 3. The Labute approximate surface area is 222 Å². The lowest BCUT2D eigenvalue weighted by atomic mass is 9.95. The fraction of sp³-hybridized carbons (Fsp3) is 0.231. The van der Waals surface area contributed by atoms with E-state index >= 15 is 0 Å². The van der Waals surface area contributed by atoms with Crippen LogP contribution in [0.2, 0.25) is 15.1 Å². The van der Waals surface area contributed by atoms with Crippen LogP contribution >= 0.6 is 34.8 Å². The molecule has 0 N–H and O–H groups in total. The molecular weight excluding hydrogens is 529 g/mol. The second-order valence-electron chi connectivity index (χ2n) is 7.79. The standard InChI is InChI=1S/C26H22Cl3NO6/c1-3-24(32)20(11-16-7-9-22(28)23(29)12-16)26(34)6-4-5-25(33)19(15(2)31)14-17-13-18(30(35)36)8-10-21(17)27/h7-14H,3-6H2,1-2H3. The average molecular weight is 551 g/mol. The van der Waals surface area contributed by atoms with Gasteiger partial charge in [0.25, 0.3) is 5.69 Å². The Morgan fingerprint density at radius 2 is 1.44 bits per heavy atom. The van der Waals surface area contributed by atoms with Crippen LogP contribution in [-0.4, -0.2) is 28.1 Å². The Balaban J connectivity index is 2.18. The number of Topliss-reactive ketones (excluding diaryl/α,β-unsaturated/α-hetero) is 4. The van der Waals surface area contributed by atoms with E-state index in [1.807, 2.05) is 0 Å². The molecule has 0 heterocycles. The summed E-state index contributed by atoms with van der Waals surface area (Å²) in [5, 5.41) is 11.8. The van der Waals surface area contributed by atoms with Gasteiger partial charge >= 0.3 is 0 Å². The molecule has 2 rings (SSSR count). The number of nitrogens with zero attached hydrogens (tertiary/aromatic N) is 1. The molecule has 2 aromatic carbocycles.